The lowest BCUT2D eigenvalue weighted by Crippen LogP contribution is -2.47. The summed E-state index contributed by atoms with van der Waals surface area (Å²) < 4.78 is 0. The van der Waals surface area contributed by atoms with Crippen LogP contribution in [0.5, 0.6) is 0 Å². The van der Waals surface area contributed by atoms with Gasteiger partial charge in [-0.15, -0.1) is 0 Å². The molecule has 0 bridgehead atoms. The van der Waals surface area contributed by atoms with Crippen molar-refractivity contribution in [3.05, 3.63) is 0 Å². The normalized spacial score (nSPS) is 30.9. The number of nitrogens with two attached hydrogens (primary N) is 1. The first-order valence-corrected chi connectivity index (χ1v) is 7.40. The molecule has 0 spiro atoms. The fourth-order valence-electron chi connectivity index (χ4n) is 3.20. The van der Waals surface area contributed by atoms with Gasteiger partial charge in [0, 0.05) is 25.2 Å². The van der Waals surface area contributed by atoms with Crippen LogP contribution in [0, 0.1) is 0 Å². The van der Waals surface area contributed by atoms with Crippen LogP contribution in [0.4, 0.5) is 0 Å². The number of guanidine groups is 1. The van der Waals surface area contributed by atoms with Gasteiger partial charge in [-0.25, -0.2) is 10.8 Å². The molecule has 0 radical (unpaired) electrons. The van der Waals surface area contributed by atoms with Crippen molar-refractivity contribution in [3.63, 3.8) is 0 Å². The van der Waals surface area contributed by atoms with Gasteiger partial charge in [0.1, 0.15) is 0 Å². The zero-order valence-electron chi connectivity index (χ0n) is 11.1. The molecule has 3 aliphatic rings. The number of rotatable bonds is 3. The number of hydrogen-bond donors (Lipinski definition) is 3. The lowest BCUT2D eigenvalue weighted by molar-refractivity contribution is 0.321. The minimum absolute atomic E-state index is 0.476. The van der Waals surface area contributed by atoms with E-state index in [1.165, 1.54) is 51.5 Å². The SMILES string of the molecule is NNC(=NC1CCCC1)NC1CCN(C2CC2)C1. The van der Waals surface area contributed by atoms with Gasteiger partial charge in [-0.05, 0) is 32.1 Å². The first kappa shape index (κ1) is 12.2. The third-order valence-corrected chi connectivity index (χ3v) is 4.40. The molecular formula is C13H25N5. The van der Waals surface area contributed by atoms with Crippen molar-refractivity contribution in [3.8, 4) is 0 Å². The van der Waals surface area contributed by atoms with Gasteiger partial charge in [0.15, 0.2) is 0 Å². The fourth-order valence-corrected chi connectivity index (χ4v) is 3.20. The molecule has 1 unspecified atom stereocenters. The van der Waals surface area contributed by atoms with E-state index in [9.17, 15) is 0 Å². The van der Waals surface area contributed by atoms with Gasteiger partial charge in [-0.2, -0.15) is 0 Å². The molecule has 0 aromatic rings. The molecule has 2 aliphatic carbocycles. The van der Waals surface area contributed by atoms with E-state index in [2.05, 4.69) is 15.6 Å². The Kier molecular flexibility index (Phi) is 3.70. The van der Waals surface area contributed by atoms with Gasteiger partial charge in [0.25, 0.3) is 0 Å². The van der Waals surface area contributed by atoms with Gasteiger partial charge in [-0.1, -0.05) is 12.8 Å². The summed E-state index contributed by atoms with van der Waals surface area (Å²) in [6.45, 7) is 2.37. The van der Waals surface area contributed by atoms with E-state index in [1.807, 2.05) is 0 Å². The van der Waals surface area contributed by atoms with E-state index in [0.717, 1.165) is 18.5 Å². The lowest BCUT2D eigenvalue weighted by atomic mass is 10.2. The Bertz CT molecular complexity index is 307. The van der Waals surface area contributed by atoms with Crippen LogP contribution in [-0.4, -0.2) is 42.1 Å². The van der Waals surface area contributed by atoms with Crippen LogP contribution in [-0.2, 0) is 0 Å². The standard InChI is InChI=1S/C13H25N5/c14-17-13(15-10-3-1-2-4-10)16-11-7-8-18(9-11)12-5-6-12/h10-12H,1-9,14H2,(H2,15,16,17). The number of aliphatic imine (C=N–C) groups is 1. The number of nitrogens with one attached hydrogen (secondary N) is 2. The molecule has 0 aromatic carbocycles. The van der Waals surface area contributed by atoms with E-state index < -0.39 is 0 Å². The van der Waals surface area contributed by atoms with Crippen LogP contribution in [0.15, 0.2) is 4.99 Å². The number of likely N-dealkylation sites (tertiary alicyclic amines) is 1. The largest absolute Gasteiger partial charge is 0.351 e. The second-order valence-electron chi connectivity index (χ2n) is 5.92. The van der Waals surface area contributed by atoms with Gasteiger partial charge in [0.05, 0.1) is 6.04 Å². The summed E-state index contributed by atoms with van der Waals surface area (Å²) >= 11 is 0. The maximum absolute atomic E-state index is 5.58. The topological polar surface area (TPSA) is 65.7 Å². The highest BCUT2D eigenvalue weighted by Gasteiger charge is 2.34. The van der Waals surface area contributed by atoms with E-state index >= 15 is 0 Å². The Morgan fingerprint density at radius 3 is 2.56 bits per heavy atom. The van der Waals surface area contributed by atoms with E-state index in [0.29, 0.717) is 12.1 Å². The summed E-state index contributed by atoms with van der Waals surface area (Å²) in [6.07, 6.45) is 9.05. The third kappa shape index (κ3) is 2.95. The molecule has 2 saturated carbocycles. The molecule has 5 nitrogen and oxygen atoms in total. The number of hydrogen-bond acceptors (Lipinski definition) is 3. The van der Waals surface area contributed by atoms with Gasteiger partial charge < -0.3 is 5.32 Å². The Morgan fingerprint density at radius 1 is 1.11 bits per heavy atom. The van der Waals surface area contributed by atoms with E-state index in [4.69, 9.17) is 10.8 Å². The molecule has 1 aliphatic heterocycles. The molecule has 1 heterocycles. The van der Waals surface area contributed by atoms with Crippen LogP contribution < -0.4 is 16.6 Å². The Labute approximate surface area is 109 Å². The smallest absolute Gasteiger partial charge is 0.206 e. The fraction of sp³-hybridized carbons (Fsp3) is 0.923. The predicted molar refractivity (Wildman–Crippen MR) is 73.1 cm³/mol. The highest BCUT2D eigenvalue weighted by atomic mass is 15.4. The molecule has 0 amide bonds. The minimum atomic E-state index is 0.476. The summed E-state index contributed by atoms with van der Waals surface area (Å²) in [4.78, 5) is 7.29. The van der Waals surface area contributed by atoms with Crippen LogP contribution >= 0.6 is 0 Å². The monoisotopic (exact) mass is 251 g/mol. The Hall–Kier alpha value is -0.810. The molecular weight excluding hydrogens is 226 g/mol. The highest BCUT2D eigenvalue weighted by Crippen LogP contribution is 2.29. The zero-order valence-corrected chi connectivity index (χ0v) is 11.1. The number of hydrazine groups is 1. The molecule has 1 saturated heterocycles. The molecule has 102 valence electrons. The molecule has 5 heteroatoms. The average molecular weight is 251 g/mol. The zero-order chi connectivity index (χ0) is 12.4. The summed E-state index contributed by atoms with van der Waals surface area (Å²) in [5.41, 5.74) is 2.74. The van der Waals surface area contributed by atoms with Crippen molar-refractivity contribution in [1.29, 1.82) is 0 Å². The van der Waals surface area contributed by atoms with Crippen molar-refractivity contribution in [2.45, 2.75) is 63.1 Å². The number of nitrogens with zero attached hydrogens (tertiary/aromatic N) is 2. The van der Waals surface area contributed by atoms with E-state index in [1.54, 1.807) is 0 Å². The van der Waals surface area contributed by atoms with Gasteiger partial charge in [0.2, 0.25) is 5.96 Å². The van der Waals surface area contributed by atoms with Crippen LogP contribution in [0.3, 0.4) is 0 Å². The van der Waals surface area contributed by atoms with Crippen molar-refractivity contribution in [2.75, 3.05) is 13.1 Å². The quantitative estimate of drug-likeness (QED) is 0.297. The summed E-state index contributed by atoms with van der Waals surface area (Å²) in [7, 11) is 0. The van der Waals surface area contributed by atoms with Crippen molar-refractivity contribution >= 4 is 5.96 Å². The minimum Gasteiger partial charge on any atom is -0.351 e. The molecule has 0 aromatic heterocycles. The van der Waals surface area contributed by atoms with Crippen molar-refractivity contribution in [2.24, 2.45) is 10.8 Å². The second kappa shape index (κ2) is 5.45. The summed E-state index contributed by atoms with van der Waals surface area (Å²) in [5, 5.41) is 3.48. The van der Waals surface area contributed by atoms with Crippen LogP contribution in [0.25, 0.3) is 0 Å². The maximum atomic E-state index is 5.58. The Balaban J connectivity index is 1.50. The van der Waals surface area contributed by atoms with Crippen LogP contribution in [0.2, 0.25) is 0 Å². The Morgan fingerprint density at radius 2 is 1.89 bits per heavy atom. The van der Waals surface area contributed by atoms with Crippen LogP contribution in [0.1, 0.15) is 44.9 Å². The second-order valence-corrected chi connectivity index (χ2v) is 5.92. The lowest BCUT2D eigenvalue weighted by Gasteiger charge is -2.18. The molecule has 1 atom stereocenters. The van der Waals surface area contributed by atoms with Gasteiger partial charge >= 0.3 is 0 Å². The average Bonchev–Trinajstić information content (AvgIpc) is 2.91. The molecule has 4 N–H and O–H groups in total. The first-order chi connectivity index (χ1) is 8.85. The third-order valence-electron chi connectivity index (χ3n) is 4.40. The van der Waals surface area contributed by atoms with Gasteiger partial charge in [-0.3, -0.25) is 10.3 Å². The first-order valence-electron chi connectivity index (χ1n) is 7.40. The predicted octanol–water partition coefficient (Wildman–Crippen LogP) is 0.575. The van der Waals surface area contributed by atoms with Crippen molar-refractivity contribution in [1.82, 2.24) is 15.6 Å². The summed E-state index contributed by atoms with van der Waals surface area (Å²) in [5.74, 6) is 6.37. The van der Waals surface area contributed by atoms with E-state index in [-0.39, 0.29) is 0 Å². The molecule has 3 rings (SSSR count). The molecule has 18 heavy (non-hydrogen) atoms. The van der Waals surface area contributed by atoms with Crippen molar-refractivity contribution < 1.29 is 0 Å². The highest BCUT2D eigenvalue weighted by molar-refractivity contribution is 5.79. The maximum Gasteiger partial charge on any atom is 0.206 e. The molecule has 3 fully saturated rings. The summed E-state index contributed by atoms with van der Waals surface area (Å²) in [6, 6.07) is 1.86.